The van der Waals surface area contributed by atoms with Crippen molar-refractivity contribution in [1.29, 1.82) is 0 Å². The maximum atomic E-state index is 6.06. The van der Waals surface area contributed by atoms with Gasteiger partial charge in [-0.3, -0.25) is 4.90 Å². The molecule has 18 heavy (non-hydrogen) atoms. The fraction of sp³-hybridized carbons (Fsp3) is 0.600. The maximum Gasteiger partial charge on any atom is 0.123 e. The van der Waals surface area contributed by atoms with Crippen molar-refractivity contribution < 1.29 is 4.74 Å². The van der Waals surface area contributed by atoms with Crippen LogP contribution in [0.2, 0.25) is 0 Å². The Morgan fingerprint density at radius 3 is 3.17 bits per heavy atom. The fourth-order valence-electron chi connectivity index (χ4n) is 3.78. The number of fused-ring (bicyclic) bond motifs is 2. The quantitative estimate of drug-likeness (QED) is 0.848. The molecule has 0 bridgehead atoms. The second-order valence-electron chi connectivity index (χ2n) is 5.82. The molecule has 0 aliphatic carbocycles. The third-order valence-electron chi connectivity index (χ3n) is 4.71. The van der Waals surface area contributed by atoms with Gasteiger partial charge in [-0.2, -0.15) is 0 Å². The van der Waals surface area contributed by atoms with Gasteiger partial charge in [0.1, 0.15) is 11.9 Å². The molecule has 4 rings (SSSR count). The molecule has 0 radical (unpaired) electrons. The number of nitrogens with zero attached hydrogens (tertiary/aromatic N) is 1. The summed E-state index contributed by atoms with van der Waals surface area (Å²) < 4.78 is 6.06. The van der Waals surface area contributed by atoms with Gasteiger partial charge in [-0.25, -0.2) is 0 Å². The molecule has 3 aliphatic heterocycles. The first-order valence-corrected chi connectivity index (χ1v) is 7.09. The van der Waals surface area contributed by atoms with Crippen molar-refractivity contribution in [1.82, 2.24) is 10.2 Å². The van der Waals surface area contributed by atoms with Crippen LogP contribution >= 0.6 is 0 Å². The van der Waals surface area contributed by atoms with E-state index in [4.69, 9.17) is 4.74 Å². The Morgan fingerprint density at radius 1 is 1.28 bits per heavy atom. The SMILES string of the molecule is c1ccc2c(c1)CC(CN1CC[C@@H]3CNC[C@@H]31)O2. The number of ether oxygens (including phenoxy) is 1. The lowest BCUT2D eigenvalue weighted by atomic mass is 10.0. The van der Waals surface area contributed by atoms with Crippen LogP contribution in [-0.2, 0) is 6.42 Å². The van der Waals surface area contributed by atoms with Gasteiger partial charge in [0.2, 0.25) is 0 Å². The Morgan fingerprint density at radius 2 is 2.22 bits per heavy atom. The van der Waals surface area contributed by atoms with E-state index in [0.29, 0.717) is 6.10 Å². The normalized spacial score (nSPS) is 34.3. The van der Waals surface area contributed by atoms with Crippen LogP contribution in [0.25, 0.3) is 0 Å². The first-order chi connectivity index (χ1) is 8.90. The Hall–Kier alpha value is -1.06. The van der Waals surface area contributed by atoms with Gasteiger partial charge in [0.05, 0.1) is 0 Å². The van der Waals surface area contributed by atoms with Gasteiger partial charge < -0.3 is 10.1 Å². The molecule has 2 fully saturated rings. The molecule has 1 N–H and O–H groups in total. The number of rotatable bonds is 2. The standard InChI is InChI=1S/C15H20N2O/c1-2-4-15-11(3-1)7-13(18-15)10-17-6-5-12-8-16-9-14(12)17/h1-4,12-14,16H,5-10H2/t12-,13?,14+/m1/s1. The number of hydrogen-bond acceptors (Lipinski definition) is 3. The van der Waals surface area contributed by atoms with E-state index in [1.54, 1.807) is 0 Å². The van der Waals surface area contributed by atoms with Crippen LogP contribution in [0.5, 0.6) is 5.75 Å². The van der Waals surface area contributed by atoms with E-state index in [-0.39, 0.29) is 0 Å². The second kappa shape index (κ2) is 4.25. The predicted molar refractivity (Wildman–Crippen MR) is 70.9 cm³/mol. The molecule has 0 amide bonds. The van der Waals surface area contributed by atoms with E-state index in [1.165, 1.54) is 31.6 Å². The van der Waals surface area contributed by atoms with Crippen LogP contribution in [0.4, 0.5) is 0 Å². The van der Waals surface area contributed by atoms with E-state index in [9.17, 15) is 0 Å². The number of para-hydroxylation sites is 1. The predicted octanol–water partition coefficient (Wildman–Crippen LogP) is 1.28. The zero-order valence-corrected chi connectivity index (χ0v) is 10.6. The summed E-state index contributed by atoms with van der Waals surface area (Å²) in [4.78, 5) is 2.64. The van der Waals surface area contributed by atoms with Crippen LogP contribution < -0.4 is 10.1 Å². The molecule has 3 aliphatic rings. The highest BCUT2D eigenvalue weighted by atomic mass is 16.5. The minimum atomic E-state index is 0.363. The third kappa shape index (κ3) is 1.73. The number of hydrogen-bond donors (Lipinski definition) is 1. The topological polar surface area (TPSA) is 24.5 Å². The van der Waals surface area contributed by atoms with E-state index >= 15 is 0 Å². The average molecular weight is 244 g/mol. The molecule has 0 aromatic heterocycles. The van der Waals surface area contributed by atoms with Gasteiger partial charge in [-0.1, -0.05) is 18.2 Å². The van der Waals surface area contributed by atoms with E-state index in [0.717, 1.165) is 30.7 Å². The van der Waals surface area contributed by atoms with Crippen molar-refractivity contribution in [3.8, 4) is 5.75 Å². The van der Waals surface area contributed by atoms with Crippen molar-refractivity contribution in [2.24, 2.45) is 5.92 Å². The highest BCUT2D eigenvalue weighted by Gasteiger charge is 2.39. The summed E-state index contributed by atoms with van der Waals surface area (Å²) in [5, 5.41) is 3.51. The number of nitrogens with one attached hydrogen (secondary N) is 1. The van der Waals surface area contributed by atoms with Gasteiger partial charge in [0.25, 0.3) is 0 Å². The van der Waals surface area contributed by atoms with Crippen LogP contribution in [0.3, 0.4) is 0 Å². The van der Waals surface area contributed by atoms with Crippen molar-refractivity contribution in [2.45, 2.75) is 25.0 Å². The number of benzene rings is 1. The van der Waals surface area contributed by atoms with Crippen LogP contribution in [-0.4, -0.2) is 43.2 Å². The molecular formula is C15H20N2O. The largest absolute Gasteiger partial charge is 0.488 e. The van der Waals surface area contributed by atoms with E-state index in [2.05, 4.69) is 34.5 Å². The van der Waals surface area contributed by atoms with Crippen LogP contribution in [0, 0.1) is 5.92 Å². The summed E-state index contributed by atoms with van der Waals surface area (Å²) in [5.41, 5.74) is 1.38. The third-order valence-corrected chi connectivity index (χ3v) is 4.71. The summed E-state index contributed by atoms with van der Waals surface area (Å²) in [6, 6.07) is 9.22. The summed E-state index contributed by atoms with van der Waals surface area (Å²) >= 11 is 0. The lowest BCUT2D eigenvalue weighted by Crippen LogP contribution is -2.40. The highest BCUT2D eigenvalue weighted by molar-refractivity contribution is 5.37. The average Bonchev–Trinajstić information content (AvgIpc) is 3.05. The first kappa shape index (κ1) is 10.8. The molecular weight excluding hydrogens is 224 g/mol. The van der Waals surface area contributed by atoms with E-state index < -0.39 is 0 Å². The van der Waals surface area contributed by atoms with Crippen LogP contribution in [0.1, 0.15) is 12.0 Å². The molecule has 96 valence electrons. The van der Waals surface area contributed by atoms with Gasteiger partial charge in [0, 0.05) is 25.6 Å². The molecule has 3 atom stereocenters. The lowest BCUT2D eigenvalue weighted by molar-refractivity contribution is 0.141. The van der Waals surface area contributed by atoms with Crippen LogP contribution in [0.15, 0.2) is 24.3 Å². The molecule has 3 heterocycles. The maximum absolute atomic E-state index is 6.06. The minimum absolute atomic E-state index is 0.363. The lowest BCUT2D eigenvalue weighted by Gasteiger charge is -2.25. The van der Waals surface area contributed by atoms with E-state index in [1.807, 2.05) is 0 Å². The Labute approximate surface area is 108 Å². The minimum Gasteiger partial charge on any atom is -0.488 e. The zero-order valence-electron chi connectivity index (χ0n) is 10.6. The van der Waals surface area contributed by atoms with Gasteiger partial charge in [0.15, 0.2) is 0 Å². The zero-order chi connectivity index (χ0) is 11.9. The van der Waals surface area contributed by atoms with Crippen molar-refractivity contribution in [3.63, 3.8) is 0 Å². The van der Waals surface area contributed by atoms with Gasteiger partial charge >= 0.3 is 0 Å². The molecule has 0 saturated carbocycles. The summed E-state index contributed by atoms with van der Waals surface area (Å²) in [5.74, 6) is 1.98. The van der Waals surface area contributed by atoms with Crippen molar-refractivity contribution >= 4 is 0 Å². The molecule has 0 spiro atoms. The first-order valence-electron chi connectivity index (χ1n) is 7.09. The highest BCUT2D eigenvalue weighted by Crippen LogP contribution is 2.31. The summed E-state index contributed by atoms with van der Waals surface area (Å²) in [6.07, 6.45) is 2.80. The van der Waals surface area contributed by atoms with Crippen molar-refractivity contribution in [3.05, 3.63) is 29.8 Å². The van der Waals surface area contributed by atoms with Gasteiger partial charge in [-0.15, -0.1) is 0 Å². The Kier molecular flexibility index (Phi) is 2.55. The molecule has 2 saturated heterocycles. The summed E-state index contributed by atoms with van der Waals surface area (Å²) in [7, 11) is 0. The van der Waals surface area contributed by atoms with Gasteiger partial charge in [-0.05, 0) is 37.1 Å². The Bertz CT molecular complexity index is 423. The second-order valence-corrected chi connectivity index (χ2v) is 5.82. The summed E-state index contributed by atoms with van der Waals surface area (Å²) in [6.45, 7) is 4.74. The fourth-order valence-corrected chi connectivity index (χ4v) is 3.78. The molecule has 3 heteroatoms. The molecule has 1 unspecified atom stereocenters. The Balaban J connectivity index is 1.42. The molecule has 1 aromatic carbocycles. The monoisotopic (exact) mass is 244 g/mol. The molecule has 1 aromatic rings. The van der Waals surface area contributed by atoms with Crippen molar-refractivity contribution in [2.75, 3.05) is 26.2 Å². The molecule has 3 nitrogen and oxygen atoms in total. The smallest absolute Gasteiger partial charge is 0.123 e. The number of likely N-dealkylation sites (tertiary alicyclic amines) is 1.